The highest BCUT2D eigenvalue weighted by molar-refractivity contribution is 7.14. The lowest BCUT2D eigenvalue weighted by Crippen LogP contribution is -2.21. The number of ether oxygens (including phenoxy) is 1. The van der Waals surface area contributed by atoms with Crippen molar-refractivity contribution in [1.82, 2.24) is 0 Å². The van der Waals surface area contributed by atoms with E-state index in [0.29, 0.717) is 16.1 Å². The van der Waals surface area contributed by atoms with E-state index in [0.717, 1.165) is 11.3 Å². The van der Waals surface area contributed by atoms with Crippen molar-refractivity contribution in [2.24, 2.45) is 0 Å². The number of thiophene rings is 1. The molecule has 1 aromatic heterocycles. The van der Waals surface area contributed by atoms with Gasteiger partial charge in [0.05, 0.1) is 10.5 Å². The maximum absolute atomic E-state index is 12.0. The van der Waals surface area contributed by atoms with Gasteiger partial charge in [-0.05, 0) is 24.4 Å². The first-order chi connectivity index (χ1) is 11.4. The Hall–Kier alpha value is -3.25. The summed E-state index contributed by atoms with van der Waals surface area (Å²) in [6.07, 6.45) is 0. The Bertz CT molecular complexity index is 853. The molecule has 9 heteroatoms. The molecule has 8 nitrogen and oxygen atoms in total. The van der Waals surface area contributed by atoms with Crippen LogP contribution in [-0.2, 0) is 9.53 Å². The predicted molar refractivity (Wildman–Crippen MR) is 85.8 cm³/mol. The second kappa shape index (κ2) is 7.34. The summed E-state index contributed by atoms with van der Waals surface area (Å²) < 4.78 is 4.82. The molecule has 1 heterocycles. The number of anilines is 1. The van der Waals surface area contributed by atoms with E-state index >= 15 is 0 Å². The van der Waals surface area contributed by atoms with Crippen LogP contribution in [-0.4, -0.2) is 23.4 Å². The maximum atomic E-state index is 12.0. The first-order valence-electron chi connectivity index (χ1n) is 6.62. The van der Waals surface area contributed by atoms with Crippen LogP contribution in [0.2, 0.25) is 0 Å². The van der Waals surface area contributed by atoms with Crippen LogP contribution in [0, 0.1) is 28.4 Å². The number of nitrogens with zero attached hydrogens (tertiary/aromatic N) is 2. The highest BCUT2D eigenvalue weighted by Crippen LogP contribution is 2.24. The van der Waals surface area contributed by atoms with Crippen molar-refractivity contribution in [3.8, 4) is 6.07 Å². The molecule has 0 aliphatic rings. The van der Waals surface area contributed by atoms with Crippen LogP contribution in [0.25, 0.3) is 0 Å². The average Bonchev–Trinajstić information content (AvgIpc) is 2.99. The molecule has 0 unspecified atom stereocenters. The second-order valence-electron chi connectivity index (χ2n) is 4.63. The van der Waals surface area contributed by atoms with Crippen molar-refractivity contribution in [2.45, 2.75) is 6.92 Å². The summed E-state index contributed by atoms with van der Waals surface area (Å²) in [5.41, 5.74) is 0.0414. The van der Waals surface area contributed by atoms with Crippen LogP contribution in [0.5, 0.6) is 0 Å². The number of benzene rings is 1. The highest BCUT2D eigenvalue weighted by atomic mass is 32.1. The molecule has 1 N–H and O–H groups in total. The smallest absolute Gasteiger partial charge is 0.345 e. The van der Waals surface area contributed by atoms with Gasteiger partial charge in [0.1, 0.15) is 16.6 Å². The zero-order chi connectivity index (χ0) is 17.7. The number of esters is 1. The minimum absolute atomic E-state index is 0.221. The third-order valence-electron chi connectivity index (χ3n) is 3.01. The monoisotopic (exact) mass is 345 g/mol. The number of carbonyl (C=O) groups is 2. The van der Waals surface area contributed by atoms with Crippen LogP contribution in [0.3, 0.4) is 0 Å². The van der Waals surface area contributed by atoms with Gasteiger partial charge >= 0.3 is 5.97 Å². The molecule has 0 radical (unpaired) electrons. The van der Waals surface area contributed by atoms with Crippen molar-refractivity contribution in [2.75, 3.05) is 11.9 Å². The van der Waals surface area contributed by atoms with Crippen LogP contribution in [0.15, 0.2) is 29.6 Å². The molecule has 0 aliphatic heterocycles. The van der Waals surface area contributed by atoms with Crippen molar-refractivity contribution < 1.29 is 19.2 Å². The van der Waals surface area contributed by atoms with Crippen LogP contribution in [0.1, 0.15) is 21.5 Å². The molecular formula is C15H11N3O5S. The number of nitro benzene ring substituents is 1. The third-order valence-corrected chi connectivity index (χ3v) is 3.84. The van der Waals surface area contributed by atoms with Gasteiger partial charge in [-0.2, -0.15) is 5.26 Å². The number of hydrogen-bond donors (Lipinski definition) is 1. The molecule has 0 aliphatic carbocycles. The van der Waals surface area contributed by atoms with Gasteiger partial charge in [0.2, 0.25) is 0 Å². The fourth-order valence-electron chi connectivity index (χ4n) is 1.93. The molecule has 2 rings (SSSR count). The molecule has 122 valence electrons. The van der Waals surface area contributed by atoms with Gasteiger partial charge < -0.3 is 10.1 Å². The van der Waals surface area contributed by atoms with Crippen molar-refractivity contribution in [1.29, 1.82) is 5.26 Å². The quantitative estimate of drug-likeness (QED) is 0.505. The van der Waals surface area contributed by atoms with Gasteiger partial charge in [-0.25, -0.2) is 4.79 Å². The summed E-state index contributed by atoms with van der Waals surface area (Å²) in [5.74, 6) is -1.61. The molecule has 24 heavy (non-hydrogen) atoms. The summed E-state index contributed by atoms with van der Waals surface area (Å²) >= 11 is 1.16. The van der Waals surface area contributed by atoms with E-state index in [4.69, 9.17) is 10.00 Å². The summed E-state index contributed by atoms with van der Waals surface area (Å²) in [6.45, 7) is 0.883. The standard InChI is InChI=1S/C15H11N3O5S/c1-9-3-2-4-11(13(9)18(21)22)15(20)23-8-12(19)17-14-10(7-16)5-6-24-14/h2-6H,8H2,1H3,(H,17,19). The molecule has 0 atom stereocenters. The van der Waals surface area contributed by atoms with Crippen LogP contribution in [0.4, 0.5) is 10.7 Å². The Balaban J connectivity index is 2.04. The van der Waals surface area contributed by atoms with E-state index in [1.54, 1.807) is 11.4 Å². The molecule has 0 spiro atoms. The molecule has 2 aromatic rings. The highest BCUT2D eigenvalue weighted by Gasteiger charge is 2.24. The number of para-hydroxylation sites is 1. The summed E-state index contributed by atoms with van der Waals surface area (Å²) in [5, 5.41) is 24.3. The molecule has 0 saturated carbocycles. The summed E-state index contributed by atoms with van der Waals surface area (Å²) in [4.78, 5) is 34.2. The van der Waals surface area contributed by atoms with E-state index in [9.17, 15) is 19.7 Å². The number of amides is 1. The second-order valence-corrected chi connectivity index (χ2v) is 5.54. The van der Waals surface area contributed by atoms with E-state index < -0.39 is 23.4 Å². The predicted octanol–water partition coefficient (Wildman–Crippen LogP) is 2.63. The minimum Gasteiger partial charge on any atom is -0.452 e. The zero-order valence-corrected chi connectivity index (χ0v) is 13.3. The number of carbonyl (C=O) groups excluding carboxylic acids is 2. The van der Waals surface area contributed by atoms with E-state index in [2.05, 4.69) is 5.32 Å². The molecule has 1 amide bonds. The number of nitriles is 1. The SMILES string of the molecule is Cc1cccc(C(=O)OCC(=O)Nc2sccc2C#N)c1[N+](=O)[O-]. The Morgan fingerprint density at radius 3 is 2.83 bits per heavy atom. The molecule has 0 saturated heterocycles. The number of nitrogens with one attached hydrogen (secondary N) is 1. The third kappa shape index (κ3) is 3.74. The van der Waals surface area contributed by atoms with Gasteiger partial charge in [0, 0.05) is 5.56 Å². The summed E-state index contributed by atoms with van der Waals surface area (Å²) in [6, 6.07) is 7.71. The van der Waals surface area contributed by atoms with E-state index in [1.165, 1.54) is 25.1 Å². The minimum atomic E-state index is -0.966. The number of aryl methyl sites for hydroxylation is 1. The molecule has 1 aromatic carbocycles. The number of hydrogen-bond acceptors (Lipinski definition) is 7. The Morgan fingerprint density at radius 1 is 1.42 bits per heavy atom. The number of rotatable bonds is 5. The largest absolute Gasteiger partial charge is 0.452 e. The van der Waals surface area contributed by atoms with Gasteiger partial charge in [-0.15, -0.1) is 11.3 Å². The topological polar surface area (TPSA) is 122 Å². The average molecular weight is 345 g/mol. The fraction of sp³-hybridized carbons (Fsp3) is 0.133. The molecular weight excluding hydrogens is 334 g/mol. The van der Waals surface area contributed by atoms with Gasteiger partial charge in [-0.3, -0.25) is 14.9 Å². The van der Waals surface area contributed by atoms with E-state index in [1.807, 2.05) is 6.07 Å². The van der Waals surface area contributed by atoms with E-state index in [-0.39, 0.29) is 11.3 Å². The fourth-order valence-corrected chi connectivity index (χ4v) is 2.69. The van der Waals surface area contributed by atoms with Gasteiger partial charge in [-0.1, -0.05) is 12.1 Å². The lowest BCUT2D eigenvalue weighted by molar-refractivity contribution is -0.385. The zero-order valence-electron chi connectivity index (χ0n) is 12.4. The van der Waals surface area contributed by atoms with Crippen molar-refractivity contribution >= 4 is 33.9 Å². The first kappa shape index (κ1) is 17.1. The Kier molecular flexibility index (Phi) is 5.23. The molecule has 0 bridgehead atoms. The van der Waals surface area contributed by atoms with Gasteiger partial charge in [0.15, 0.2) is 6.61 Å². The number of nitro groups is 1. The Morgan fingerprint density at radius 2 is 2.17 bits per heavy atom. The van der Waals surface area contributed by atoms with Crippen LogP contribution >= 0.6 is 11.3 Å². The van der Waals surface area contributed by atoms with Crippen LogP contribution < -0.4 is 5.32 Å². The van der Waals surface area contributed by atoms with Crippen molar-refractivity contribution in [3.05, 3.63) is 56.5 Å². The van der Waals surface area contributed by atoms with Crippen molar-refractivity contribution in [3.63, 3.8) is 0 Å². The normalized spacial score (nSPS) is 9.83. The Labute approximate surface area is 140 Å². The molecule has 0 fully saturated rings. The lowest BCUT2D eigenvalue weighted by atomic mass is 10.1. The summed E-state index contributed by atoms with van der Waals surface area (Å²) in [7, 11) is 0. The maximum Gasteiger partial charge on any atom is 0.345 e. The van der Waals surface area contributed by atoms with Gasteiger partial charge in [0.25, 0.3) is 11.6 Å². The lowest BCUT2D eigenvalue weighted by Gasteiger charge is -2.07. The first-order valence-corrected chi connectivity index (χ1v) is 7.50.